The maximum atomic E-state index is 11.8. The summed E-state index contributed by atoms with van der Waals surface area (Å²) in [5, 5.41) is 9.20. The molecular weight excluding hydrogens is 443 g/mol. The Labute approximate surface area is 174 Å². The highest BCUT2D eigenvalue weighted by Crippen LogP contribution is 2.30. The van der Waals surface area contributed by atoms with Gasteiger partial charge in [-0.1, -0.05) is 44.2 Å². The number of amides is 1. The smallest absolute Gasteiger partial charge is 0.239 e. The number of aliphatic imine (C=N–C) groups is 1. The first-order valence-corrected chi connectivity index (χ1v) is 8.87. The second-order valence-electron chi connectivity index (χ2n) is 5.98. The van der Waals surface area contributed by atoms with Gasteiger partial charge in [-0.25, -0.2) is 0 Å². The molecule has 148 valence electrons. The van der Waals surface area contributed by atoms with Gasteiger partial charge in [-0.15, -0.1) is 24.0 Å². The third-order valence-electron chi connectivity index (χ3n) is 4.60. The van der Waals surface area contributed by atoms with Crippen LogP contribution in [-0.2, 0) is 14.9 Å². The van der Waals surface area contributed by atoms with Crippen molar-refractivity contribution in [3.05, 3.63) is 35.9 Å². The highest BCUT2D eigenvalue weighted by Gasteiger charge is 2.28. The molecule has 6 nitrogen and oxygen atoms in total. The van der Waals surface area contributed by atoms with Crippen molar-refractivity contribution in [3.8, 4) is 0 Å². The van der Waals surface area contributed by atoms with E-state index >= 15 is 0 Å². The number of ether oxygens (including phenoxy) is 1. The van der Waals surface area contributed by atoms with Crippen molar-refractivity contribution in [2.45, 2.75) is 32.1 Å². The van der Waals surface area contributed by atoms with Gasteiger partial charge < -0.3 is 20.7 Å². The fourth-order valence-corrected chi connectivity index (χ4v) is 2.79. The maximum Gasteiger partial charge on any atom is 0.239 e. The van der Waals surface area contributed by atoms with Crippen LogP contribution in [0, 0.1) is 0 Å². The predicted octanol–water partition coefficient (Wildman–Crippen LogP) is 2.29. The highest BCUT2D eigenvalue weighted by molar-refractivity contribution is 14.0. The molecule has 0 aliphatic rings. The third-order valence-corrected chi connectivity index (χ3v) is 4.60. The molecule has 0 aliphatic heterocycles. The molecule has 7 heteroatoms. The van der Waals surface area contributed by atoms with E-state index in [4.69, 9.17) is 4.74 Å². The summed E-state index contributed by atoms with van der Waals surface area (Å²) >= 11 is 0. The quantitative estimate of drug-likeness (QED) is 0.210. The van der Waals surface area contributed by atoms with E-state index in [1.54, 1.807) is 14.2 Å². The summed E-state index contributed by atoms with van der Waals surface area (Å²) < 4.78 is 4.91. The number of guanidine groups is 1. The Morgan fingerprint density at radius 1 is 1.12 bits per heavy atom. The first kappa shape index (κ1) is 24.7. The van der Waals surface area contributed by atoms with E-state index in [2.05, 4.69) is 59.1 Å². The minimum Gasteiger partial charge on any atom is -0.383 e. The molecule has 1 rings (SSSR count). The first-order valence-electron chi connectivity index (χ1n) is 8.87. The maximum absolute atomic E-state index is 11.8. The Morgan fingerprint density at radius 2 is 1.77 bits per heavy atom. The monoisotopic (exact) mass is 476 g/mol. The Bertz CT molecular complexity index is 534. The summed E-state index contributed by atoms with van der Waals surface area (Å²) in [5.41, 5.74) is 1.36. The molecule has 0 saturated heterocycles. The zero-order chi connectivity index (χ0) is 18.5. The fourth-order valence-electron chi connectivity index (χ4n) is 2.79. The van der Waals surface area contributed by atoms with Gasteiger partial charge in [0.25, 0.3) is 0 Å². The van der Waals surface area contributed by atoms with Crippen LogP contribution in [-0.4, -0.2) is 52.3 Å². The van der Waals surface area contributed by atoms with Gasteiger partial charge in [-0.3, -0.25) is 9.79 Å². The van der Waals surface area contributed by atoms with Crippen LogP contribution in [0.25, 0.3) is 0 Å². The second kappa shape index (κ2) is 13.8. The number of halogens is 1. The van der Waals surface area contributed by atoms with Gasteiger partial charge in [-0.2, -0.15) is 0 Å². The number of hydrogen-bond donors (Lipinski definition) is 3. The standard InChI is InChI=1S/C19H32N4O2.HI/c1-5-19(6-2,16-10-8-7-9-11-16)15-23-18(20-3)22-14-17(24)21-12-13-25-4;/h7-11H,5-6,12-15H2,1-4H3,(H,21,24)(H2,20,22,23);1H. The molecule has 0 saturated carbocycles. The van der Waals surface area contributed by atoms with Crippen LogP contribution in [0.15, 0.2) is 35.3 Å². The molecule has 0 aliphatic carbocycles. The Morgan fingerprint density at radius 3 is 2.31 bits per heavy atom. The summed E-state index contributed by atoms with van der Waals surface area (Å²) in [4.78, 5) is 16.0. The Kier molecular flexibility index (Phi) is 13.1. The average molecular weight is 476 g/mol. The molecular formula is C19H33IN4O2. The predicted molar refractivity (Wildman–Crippen MR) is 118 cm³/mol. The average Bonchev–Trinajstić information content (AvgIpc) is 2.66. The second-order valence-corrected chi connectivity index (χ2v) is 5.98. The number of benzene rings is 1. The van der Waals surface area contributed by atoms with Crippen molar-refractivity contribution in [2.75, 3.05) is 40.4 Å². The molecule has 0 spiro atoms. The lowest BCUT2D eigenvalue weighted by molar-refractivity contribution is -0.120. The largest absolute Gasteiger partial charge is 0.383 e. The molecule has 1 aromatic rings. The van der Waals surface area contributed by atoms with Crippen LogP contribution in [0.4, 0.5) is 0 Å². The number of carbonyl (C=O) groups excluding carboxylic acids is 1. The molecule has 1 amide bonds. The van der Waals surface area contributed by atoms with E-state index in [0.29, 0.717) is 19.1 Å². The van der Waals surface area contributed by atoms with Gasteiger partial charge >= 0.3 is 0 Å². The summed E-state index contributed by atoms with van der Waals surface area (Å²) in [6.45, 7) is 6.36. The minimum absolute atomic E-state index is 0. The van der Waals surface area contributed by atoms with E-state index in [0.717, 1.165) is 19.4 Å². The molecule has 0 radical (unpaired) electrons. The number of rotatable bonds is 10. The lowest BCUT2D eigenvalue weighted by Gasteiger charge is -2.33. The van der Waals surface area contributed by atoms with Crippen LogP contribution in [0.1, 0.15) is 32.3 Å². The van der Waals surface area contributed by atoms with Gasteiger partial charge in [0.2, 0.25) is 5.91 Å². The fraction of sp³-hybridized carbons (Fsp3) is 0.579. The highest BCUT2D eigenvalue weighted by atomic mass is 127. The van der Waals surface area contributed by atoms with Gasteiger partial charge in [0.1, 0.15) is 0 Å². The summed E-state index contributed by atoms with van der Waals surface area (Å²) in [5.74, 6) is 0.546. The van der Waals surface area contributed by atoms with Crippen molar-refractivity contribution in [2.24, 2.45) is 4.99 Å². The number of carbonyl (C=O) groups is 1. The normalized spacial score (nSPS) is 11.5. The molecule has 1 aromatic carbocycles. The van der Waals surface area contributed by atoms with Crippen LogP contribution in [0.5, 0.6) is 0 Å². The number of hydrogen-bond acceptors (Lipinski definition) is 3. The molecule has 0 aromatic heterocycles. The van der Waals surface area contributed by atoms with E-state index in [1.165, 1.54) is 5.56 Å². The molecule has 0 fully saturated rings. The number of nitrogens with zero attached hydrogens (tertiary/aromatic N) is 1. The van der Waals surface area contributed by atoms with Crippen LogP contribution in [0.2, 0.25) is 0 Å². The minimum atomic E-state index is -0.0831. The third kappa shape index (κ3) is 7.90. The number of methoxy groups -OCH3 is 1. The summed E-state index contributed by atoms with van der Waals surface area (Å²) in [6.07, 6.45) is 2.05. The van der Waals surface area contributed by atoms with Gasteiger partial charge in [-0.05, 0) is 18.4 Å². The lowest BCUT2D eigenvalue weighted by Crippen LogP contribution is -2.48. The molecule has 0 bridgehead atoms. The van der Waals surface area contributed by atoms with E-state index < -0.39 is 0 Å². The van der Waals surface area contributed by atoms with Gasteiger partial charge in [0.05, 0.1) is 13.2 Å². The van der Waals surface area contributed by atoms with Gasteiger partial charge in [0, 0.05) is 32.7 Å². The van der Waals surface area contributed by atoms with Crippen molar-refractivity contribution in [3.63, 3.8) is 0 Å². The van der Waals surface area contributed by atoms with E-state index in [9.17, 15) is 4.79 Å². The van der Waals surface area contributed by atoms with E-state index in [-0.39, 0.29) is 41.8 Å². The van der Waals surface area contributed by atoms with Crippen molar-refractivity contribution < 1.29 is 9.53 Å². The van der Waals surface area contributed by atoms with Crippen LogP contribution < -0.4 is 16.0 Å². The zero-order valence-electron chi connectivity index (χ0n) is 16.3. The number of nitrogens with one attached hydrogen (secondary N) is 3. The first-order chi connectivity index (χ1) is 12.1. The van der Waals surface area contributed by atoms with Crippen LogP contribution >= 0.6 is 24.0 Å². The van der Waals surface area contributed by atoms with Crippen molar-refractivity contribution >= 4 is 35.8 Å². The summed E-state index contributed by atoms with van der Waals surface area (Å²) in [6, 6.07) is 10.5. The Balaban J connectivity index is 0.00000625. The molecule has 0 heterocycles. The van der Waals surface area contributed by atoms with Crippen molar-refractivity contribution in [1.29, 1.82) is 0 Å². The van der Waals surface area contributed by atoms with Gasteiger partial charge in [0.15, 0.2) is 5.96 Å². The van der Waals surface area contributed by atoms with Crippen molar-refractivity contribution in [1.82, 2.24) is 16.0 Å². The summed E-state index contributed by atoms with van der Waals surface area (Å²) in [7, 11) is 3.32. The molecule has 0 atom stereocenters. The topological polar surface area (TPSA) is 74.8 Å². The SMILES string of the molecule is CCC(CC)(CNC(=NC)NCC(=O)NCCOC)c1ccccc1.I. The van der Waals surface area contributed by atoms with E-state index in [1.807, 2.05) is 6.07 Å². The molecule has 0 unspecified atom stereocenters. The zero-order valence-corrected chi connectivity index (χ0v) is 18.6. The lowest BCUT2D eigenvalue weighted by atomic mass is 9.76. The Hall–Kier alpha value is -1.35. The van der Waals surface area contributed by atoms with Crippen LogP contribution in [0.3, 0.4) is 0 Å². The molecule has 26 heavy (non-hydrogen) atoms. The molecule has 3 N–H and O–H groups in total.